The van der Waals surface area contributed by atoms with Gasteiger partial charge in [-0.15, -0.1) is 0 Å². The Morgan fingerprint density at radius 3 is 2.33 bits per heavy atom. The number of rotatable bonds is 10. The van der Waals surface area contributed by atoms with Crippen molar-refractivity contribution in [3.63, 3.8) is 0 Å². The molecule has 0 amide bonds. The molecular formula is C11H22NO5P. The Balaban J connectivity index is 4.04. The van der Waals surface area contributed by atoms with E-state index in [0.717, 1.165) is 0 Å². The van der Waals surface area contributed by atoms with E-state index in [2.05, 4.69) is 5.32 Å². The summed E-state index contributed by atoms with van der Waals surface area (Å²) in [5.74, 6) is -0.905. The summed E-state index contributed by atoms with van der Waals surface area (Å²) in [6, 6.07) is -0.611. The van der Waals surface area contributed by atoms with Crippen molar-refractivity contribution in [3.05, 3.63) is 12.2 Å². The van der Waals surface area contributed by atoms with E-state index in [9.17, 15) is 9.36 Å². The molecule has 0 bridgehead atoms. The molecule has 0 radical (unpaired) electrons. The lowest BCUT2D eigenvalue weighted by molar-refractivity contribution is -0.138. The molecule has 0 aliphatic heterocycles. The molecule has 1 atom stereocenters. The lowest BCUT2D eigenvalue weighted by Gasteiger charge is -2.14. The number of hydrogen-bond acceptors (Lipinski definition) is 5. The molecule has 0 fully saturated rings. The van der Waals surface area contributed by atoms with Crippen LogP contribution in [0, 0.1) is 0 Å². The lowest BCUT2D eigenvalue weighted by atomic mass is 10.3. The molecule has 2 N–H and O–H groups in total. The number of aliphatic carboxylic acids is 1. The maximum atomic E-state index is 12.0. The first-order chi connectivity index (χ1) is 8.45. The van der Waals surface area contributed by atoms with Gasteiger partial charge in [0.25, 0.3) is 0 Å². The molecule has 106 valence electrons. The fraction of sp³-hybridized carbons (Fsp3) is 0.727. The Kier molecular flexibility index (Phi) is 8.93. The third kappa shape index (κ3) is 7.61. The van der Waals surface area contributed by atoms with Gasteiger partial charge in [0.1, 0.15) is 6.04 Å². The summed E-state index contributed by atoms with van der Waals surface area (Å²) in [5.41, 5.74) is 0. The van der Waals surface area contributed by atoms with Gasteiger partial charge in [0.15, 0.2) is 0 Å². The number of hydrogen-bond donors (Lipinski definition) is 2. The van der Waals surface area contributed by atoms with E-state index in [1.54, 1.807) is 32.9 Å². The quantitative estimate of drug-likeness (QED) is 0.469. The van der Waals surface area contributed by atoms with Crippen molar-refractivity contribution in [1.29, 1.82) is 0 Å². The molecule has 0 rings (SSSR count). The maximum absolute atomic E-state index is 12.0. The normalized spacial score (nSPS) is 13.9. The van der Waals surface area contributed by atoms with Crippen LogP contribution < -0.4 is 5.32 Å². The average Bonchev–Trinajstić information content (AvgIpc) is 2.28. The molecule has 6 nitrogen and oxygen atoms in total. The van der Waals surface area contributed by atoms with E-state index in [1.807, 2.05) is 0 Å². The van der Waals surface area contributed by atoms with Crippen LogP contribution in [0.4, 0.5) is 0 Å². The summed E-state index contributed by atoms with van der Waals surface area (Å²) in [5, 5.41) is 11.4. The van der Waals surface area contributed by atoms with Gasteiger partial charge in [0.2, 0.25) is 0 Å². The summed E-state index contributed by atoms with van der Waals surface area (Å²) in [6.45, 7) is 6.13. The molecule has 0 spiro atoms. The number of allylic oxidation sites excluding steroid dienone is 1. The van der Waals surface area contributed by atoms with Gasteiger partial charge in [0.05, 0.1) is 19.4 Å². The van der Waals surface area contributed by atoms with Crippen LogP contribution in [-0.2, 0) is 18.4 Å². The molecule has 0 aromatic carbocycles. The van der Waals surface area contributed by atoms with Gasteiger partial charge in [-0.25, -0.2) is 0 Å². The second-order valence-electron chi connectivity index (χ2n) is 3.57. The molecule has 18 heavy (non-hydrogen) atoms. The van der Waals surface area contributed by atoms with E-state index in [0.29, 0.717) is 19.8 Å². The van der Waals surface area contributed by atoms with Gasteiger partial charge in [0, 0.05) is 6.54 Å². The fourth-order valence-corrected chi connectivity index (χ4v) is 2.63. The highest BCUT2D eigenvalue weighted by atomic mass is 31.2. The summed E-state index contributed by atoms with van der Waals surface area (Å²) < 4.78 is 22.2. The first-order valence-corrected chi connectivity index (χ1v) is 7.67. The third-order valence-electron chi connectivity index (χ3n) is 2.06. The fourth-order valence-electron chi connectivity index (χ4n) is 1.16. The Labute approximate surface area is 108 Å². The van der Waals surface area contributed by atoms with Gasteiger partial charge >= 0.3 is 13.6 Å². The lowest BCUT2D eigenvalue weighted by Crippen LogP contribution is -2.33. The van der Waals surface area contributed by atoms with Gasteiger partial charge in [-0.3, -0.25) is 9.36 Å². The van der Waals surface area contributed by atoms with Crippen molar-refractivity contribution in [1.82, 2.24) is 5.32 Å². The predicted molar refractivity (Wildman–Crippen MR) is 70.0 cm³/mol. The molecule has 0 aliphatic carbocycles. The topological polar surface area (TPSA) is 84.9 Å². The molecular weight excluding hydrogens is 257 g/mol. The Hall–Kier alpha value is -0.680. The summed E-state index contributed by atoms with van der Waals surface area (Å²) in [6.07, 6.45) is 3.58. The highest BCUT2D eigenvalue weighted by molar-refractivity contribution is 7.54. The highest BCUT2D eigenvalue weighted by Gasteiger charge is 2.20. The predicted octanol–water partition coefficient (Wildman–Crippen LogP) is 1.87. The highest BCUT2D eigenvalue weighted by Crippen LogP contribution is 2.47. The van der Waals surface area contributed by atoms with E-state index in [4.69, 9.17) is 14.2 Å². The van der Waals surface area contributed by atoms with E-state index < -0.39 is 19.6 Å². The Morgan fingerprint density at radius 1 is 1.33 bits per heavy atom. The zero-order valence-corrected chi connectivity index (χ0v) is 12.0. The summed E-state index contributed by atoms with van der Waals surface area (Å²) >= 11 is 0. The average molecular weight is 279 g/mol. The number of carboxylic acids is 1. The number of carboxylic acid groups (broad SMARTS) is 1. The first kappa shape index (κ1) is 17.3. The Morgan fingerprint density at radius 2 is 1.89 bits per heavy atom. The molecule has 0 saturated heterocycles. The summed E-state index contributed by atoms with van der Waals surface area (Å²) in [4.78, 5) is 10.5. The van der Waals surface area contributed by atoms with Crippen LogP contribution in [0.25, 0.3) is 0 Å². The molecule has 7 heteroatoms. The SMILES string of the molecule is CCOP(=O)(C/C=C/CN[C@@H](C)C(=O)O)OCC. The van der Waals surface area contributed by atoms with Gasteiger partial charge in [-0.2, -0.15) is 0 Å². The standard InChI is InChI=1S/C11H22NO5P/c1-4-16-18(15,17-5-2)9-7-6-8-12-10(3)11(13)14/h6-7,10,12H,4-5,8-9H2,1-3H3,(H,13,14)/b7-6+/t10-/m0/s1. The van der Waals surface area contributed by atoms with Crippen LogP contribution in [0.3, 0.4) is 0 Å². The molecule has 0 saturated carbocycles. The minimum Gasteiger partial charge on any atom is -0.480 e. The Bertz CT molecular complexity index is 309. The van der Waals surface area contributed by atoms with Crippen molar-refractivity contribution in [3.8, 4) is 0 Å². The van der Waals surface area contributed by atoms with Crippen LogP contribution in [0.15, 0.2) is 12.2 Å². The monoisotopic (exact) mass is 279 g/mol. The molecule has 0 heterocycles. The molecule has 0 unspecified atom stereocenters. The first-order valence-electron chi connectivity index (χ1n) is 5.94. The van der Waals surface area contributed by atoms with Crippen LogP contribution >= 0.6 is 7.60 Å². The van der Waals surface area contributed by atoms with Crippen molar-refractivity contribution < 1.29 is 23.5 Å². The van der Waals surface area contributed by atoms with E-state index in [1.165, 1.54) is 0 Å². The second-order valence-corrected chi connectivity index (χ2v) is 5.67. The minimum atomic E-state index is -3.03. The molecule has 0 aromatic rings. The zero-order valence-electron chi connectivity index (χ0n) is 11.1. The zero-order chi connectivity index (χ0) is 14.0. The third-order valence-corrected chi connectivity index (χ3v) is 4.02. The summed E-state index contributed by atoms with van der Waals surface area (Å²) in [7, 11) is -3.03. The number of nitrogens with one attached hydrogen (secondary N) is 1. The van der Waals surface area contributed by atoms with Gasteiger partial charge < -0.3 is 19.5 Å². The number of carbonyl (C=O) groups is 1. The maximum Gasteiger partial charge on any atom is 0.334 e. The molecule has 0 aromatic heterocycles. The van der Waals surface area contributed by atoms with Crippen molar-refractivity contribution >= 4 is 13.6 Å². The van der Waals surface area contributed by atoms with E-state index >= 15 is 0 Å². The van der Waals surface area contributed by atoms with Crippen LogP contribution in [-0.4, -0.2) is 43.0 Å². The van der Waals surface area contributed by atoms with Crippen LogP contribution in [0.2, 0.25) is 0 Å². The van der Waals surface area contributed by atoms with Crippen molar-refractivity contribution in [2.45, 2.75) is 26.8 Å². The van der Waals surface area contributed by atoms with Crippen molar-refractivity contribution in [2.75, 3.05) is 25.9 Å². The van der Waals surface area contributed by atoms with Crippen molar-refractivity contribution in [2.24, 2.45) is 0 Å². The van der Waals surface area contributed by atoms with Crippen LogP contribution in [0.5, 0.6) is 0 Å². The second kappa shape index (κ2) is 9.28. The van der Waals surface area contributed by atoms with E-state index in [-0.39, 0.29) is 6.16 Å². The van der Waals surface area contributed by atoms with Gasteiger partial charge in [-0.05, 0) is 20.8 Å². The minimum absolute atomic E-state index is 0.192. The van der Waals surface area contributed by atoms with Gasteiger partial charge in [-0.1, -0.05) is 12.2 Å². The van der Waals surface area contributed by atoms with Crippen LogP contribution in [0.1, 0.15) is 20.8 Å². The smallest absolute Gasteiger partial charge is 0.334 e. The molecule has 0 aliphatic rings. The largest absolute Gasteiger partial charge is 0.480 e.